The first-order valence-electron chi connectivity index (χ1n) is 9.54. The Morgan fingerprint density at radius 2 is 2.19 bits per heavy atom. The van der Waals surface area contributed by atoms with E-state index in [9.17, 15) is 9.18 Å². The summed E-state index contributed by atoms with van der Waals surface area (Å²) in [5, 5.41) is 7.39. The molecule has 7 heteroatoms. The van der Waals surface area contributed by atoms with Crippen molar-refractivity contribution in [2.45, 2.75) is 31.3 Å². The Morgan fingerprint density at radius 3 is 3.04 bits per heavy atom. The van der Waals surface area contributed by atoms with Crippen molar-refractivity contribution in [3.63, 3.8) is 0 Å². The topological polar surface area (TPSA) is 53.4 Å². The number of amides is 1. The van der Waals surface area contributed by atoms with Gasteiger partial charge in [-0.3, -0.25) is 14.6 Å². The molecule has 1 spiro atoms. The van der Waals surface area contributed by atoms with E-state index in [1.807, 2.05) is 18.5 Å². The molecule has 3 heterocycles. The summed E-state index contributed by atoms with van der Waals surface area (Å²) < 4.78 is 15.2. The van der Waals surface area contributed by atoms with Gasteiger partial charge in [0.1, 0.15) is 5.82 Å². The number of hydrogen-bond acceptors (Lipinski definition) is 4. The monoisotopic (exact) mass is 371 g/mol. The quantitative estimate of drug-likeness (QED) is 0.894. The van der Waals surface area contributed by atoms with Gasteiger partial charge in [0.15, 0.2) is 0 Å². The minimum Gasteiger partial charge on any atom is -0.356 e. The highest BCUT2D eigenvalue weighted by Gasteiger charge is 2.40. The van der Waals surface area contributed by atoms with E-state index < -0.39 is 0 Å². The summed E-state index contributed by atoms with van der Waals surface area (Å²) in [5.74, 6) is -0.101. The number of halogens is 1. The van der Waals surface area contributed by atoms with E-state index in [1.54, 1.807) is 10.7 Å². The fraction of sp³-hybridized carbons (Fsp3) is 0.500. The van der Waals surface area contributed by atoms with Crippen molar-refractivity contribution in [2.75, 3.05) is 33.2 Å². The van der Waals surface area contributed by atoms with Crippen molar-refractivity contribution in [3.8, 4) is 5.69 Å². The van der Waals surface area contributed by atoms with E-state index in [-0.39, 0.29) is 17.3 Å². The highest BCUT2D eigenvalue weighted by molar-refractivity contribution is 5.76. The van der Waals surface area contributed by atoms with Crippen LogP contribution in [0, 0.1) is 5.82 Å². The molecule has 1 aromatic carbocycles. The van der Waals surface area contributed by atoms with Crippen molar-refractivity contribution in [1.29, 1.82) is 0 Å². The number of aromatic nitrogens is 2. The molecule has 1 amide bonds. The Hall–Kier alpha value is -2.25. The predicted molar refractivity (Wildman–Crippen MR) is 101 cm³/mol. The lowest BCUT2D eigenvalue weighted by Gasteiger charge is -2.49. The van der Waals surface area contributed by atoms with Crippen LogP contribution in [0.5, 0.6) is 0 Å². The molecule has 1 atom stereocenters. The maximum atomic E-state index is 13.4. The molecule has 1 aromatic heterocycles. The Balaban J connectivity index is 1.46. The molecule has 2 aliphatic heterocycles. The zero-order valence-electron chi connectivity index (χ0n) is 15.7. The third-order valence-corrected chi connectivity index (χ3v) is 5.92. The van der Waals surface area contributed by atoms with Gasteiger partial charge in [-0.2, -0.15) is 5.10 Å². The molecule has 0 aliphatic carbocycles. The first-order chi connectivity index (χ1) is 13.0. The molecule has 2 aliphatic rings. The minimum atomic E-state index is -0.262. The molecule has 144 valence electrons. The van der Waals surface area contributed by atoms with Crippen LogP contribution < -0.4 is 5.32 Å². The van der Waals surface area contributed by atoms with E-state index >= 15 is 0 Å². The van der Waals surface area contributed by atoms with E-state index in [0.29, 0.717) is 6.42 Å². The molecule has 0 radical (unpaired) electrons. The van der Waals surface area contributed by atoms with Crippen LogP contribution in [-0.4, -0.2) is 64.3 Å². The number of rotatable bonds is 3. The number of likely N-dealkylation sites (N-methyl/N-ethyl adjacent to an activating group) is 1. The van der Waals surface area contributed by atoms with E-state index in [4.69, 9.17) is 0 Å². The third kappa shape index (κ3) is 3.89. The minimum absolute atomic E-state index is 0.0516. The fourth-order valence-corrected chi connectivity index (χ4v) is 4.27. The molecule has 2 aromatic rings. The molecule has 2 saturated heterocycles. The number of carbonyl (C=O) groups is 1. The first-order valence-corrected chi connectivity index (χ1v) is 9.54. The van der Waals surface area contributed by atoms with Gasteiger partial charge in [-0.25, -0.2) is 9.07 Å². The van der Waals surface area contributed by atoms with Gasteiger partial charge in [0.25, 0.3) is 0 Å². The van der Waals surface area contributed by atoms with Crippen LogP contribution in [0.1, 0.15) is 24.8 Å². The smallest absolute Gasteiger partial charge is 0.220 e. The highest BCUT2D eigenvalue weighted by Crippen LogP contribution is 2.31. The van der Waals surface area contributed by atoms with Gasteiger partial charge in [0, 0.05) is 56.4 Å². The summed E-state index contributed by atoms with van der Waals surface area (Å²) in [6.07, 6.45) is 6.30. The standard InChI is InChI=1S/C20H26FN5O/c1-24-9-10-25(15-20(24)6-5-19(27)22-8-7-20)13-16-12-23-26(14-16)18-4-2-3-17(21)11-18/h2-4,11-12,14H,5-10,13,15H2,1H3,(H,22,27)/t20-/m0/s1. The molecule has 2 fully saturated rings. The Labute approximate surface area is 158 Å². The number of hydrogen-bond donors (Lipinski definition) is 1. The maximum absolute atomic E-state index is 13.4. The summed E-state index contributed by atoms with van der Waals surface area (Å²) in [4.78, 5) is 16.6. The van der Waals surface area contributed by atoms with Gasteiger partial charge in [-0.05, 0) is 38.1 Å². The number of nitrogens with one attached hydrogen (secondary N) is 1. The molecular formula is C20H26FN5O. The normalized spacial score (nSPS) is 24.7. The molecule has 0 saturated carbocycles. The Bertz CT molecular complexity index is 822. The second-order valence-electron chi connectivity index (χ2n) is 7.73. The maximum Gasteiger partial charge on any atom is 0.220 e. The van der Waals surface area contributed by atoms with Crippen LogP contribution in [0.15, 0.2) is 36.7 Å². The Kier molecular flexibility index (Phi) is 4.97. The molecule has 0 bridgehead atoms. The fourth-order valence-electron chi connectivity index (χ4n) is 4.27. The average molecular weight is 371 g/mol. The zero-order valence-corrected chi connectivity index (χ0v) is 15.7. The number of piperazine rings is 1. The summed E-state index contributed by atoms with van der Waals surface area (Å²) in [7, 11) is 2.18. The number of carbonyl (C=O) groups excluding carboxylic acids is 1. The van der Waals surface area contributed by atoms with Crippen LogP contribution in [0.4, 0.5) is 4.39 Å². The lowest BCUT2D eigenvalue weighted by molar-refractivity contribution is -0.121. The van der Waals surface area contributed by atoms with Crippen molar-refractivity contribution in [1.82, 2.24) is 24.9 Å². The van der Waals surface area contributed by atoms with Crippen LogP contribution in [-0.2, 0) is 11.3 Å². The zero-order chi connectivity index (χ0) is 18.9. The van der Waals surface area contributed by atoms with Gasteiger partial charge >= 0.3 is 0 Å². The van der Waals surface area contributed by atoms with Crippen molar-refractivity contribution in [2.24, 2.45) is 0 Å². The highest BCUT2D eigenvalue weighted by atomic mass is 19.1. The second-order valence-corrected chi connectivity index (χ2v) is 7.73. The van der Waals surface area contributed by atoms with Crippen LogP contribution in [0.2, 0.25) is 0 Å². The number of benzene rings is 1. The van der Waals surface area contributed by atoms with E-state index in [2.05, 4.69) is 27.3 Å². The van der Waals surface area contributed by atoms with Crippen LogP contribution in [0.3, 0.4) is 0 Å². The predicted octanol–water partition coefficient (Wildman–Crippen LogP) is 1.80. The molecular weight excluding hydrogens is 345 g/mol. The molecule has 1 N–H and O–H groups in total. The summed E-state index contributed by atoms with van der Waals surface area (Å²) in [6.45, 7) is 4.49. The van der Waals surface area contributed by atoms with Gasteiger partial charge in [0.05, 0.1) is 11.9 Å². The lowest BCUT2D eigenvalue weighted by atomic mass is 9.86. The van der Waals surface area contributed by atoms with E-state index in [0.717, 1.165) is 56.8 Å². The molecule has 6 nitrogen and oxygen atoms in total. The van der Waals surface area contributed by atoms with Gasteiger partial charge in [-0.15, -0.1) is 0 Å². The summed E-state index contributed by atoms with van der Waals surface area (Å²) in [5.41, 5.74) is 1.89. The summed E-state index contributed by atoms with van der Waals surface area (Å²) >= 11 is 0. The van der Waals surface area contributed by atoms with Crippen molar-refractivity contribution >= 4 is 5.91 Å². The van der Waals surface area contributed by atoms with Gasteiger partial charge in [-0.1, -0.05) is 6.07 Å². The first kappa shape index (κ1) is 18.1. The molecule has 27 heavy (non-hydrogen) atoms. The summed E-state index contributed by atoms with van der Waals surface area (Å²) in [6, 6.07) is 6.46. The molecule has 4 rings (SSSR count). The van der Waals surface area contributed by atoms with Crippen molar-refractivity contribution in [3.05, 3.63) is 48.0 Å². The third-order valence-electron chi connectivity index (χ3n) is 5.92. The van der Waals surface area contributed by atoms with Crippen LogP contribution in [0.25, 0.3) is 5.69 Å². The molecule has 0 unspecified atom stereocenters. The van der Waals surface area contributed by atoms with Gasteiger partial charge < -0.3 is 5.32 Å². The lowest BCUT2D eigenvalue weighted by Crippen LogP contribution is -2.60. The van der Waals surface area contributed by atoms with Crippen molar-refractivity contribution < 1.29 is 9.18 Å². The van der Waals surface area contributed by atoms with Gasteiger partial charge in [0.2, 0.25) is 5.91 Å². The van der Waals surface area contributed by atoms with E-state index in [1.165, 1.54) is 12.1 Å². The average Bonchev–Trinajstić information content (AvgIpc) is 3.03. The SMILES string of the molecule is CN1CCN(Cc2cnn(-c3cccc(F)c3)c2)C[C@]12CCNC(=O)CC2. The second kappa shape index (κ2) is 7.40. The van der Waals surface area contributed by atoms with Crippen LogP contribution >= 0.6 is 0 Å². The Morgan fingerprint density at radius 1 is 1.30 bits per heavy atom. The number of nitrogens with zero attached hydrogens (tertiary/aromatic N) is 4. The largest absolute Gasteiger partial charge is 0.356 e.